The van der Waals surface area contributed by atoms with Gasteiger partial charge in [0.2, 0.25) is 0 Å². The summed E-state index contributed by atoms with van der Waals surface area (Å²) in [6.45, 7) is 9.32. The van der Waals surface area contributed by atoms with Gasteiger partial charge in [-0.05, 0) is 57.4 Å². The third-order valence-electron chi connectivity index (χ3n) is 4.76. The summed E-state index contributed by atoms with van der Waals surface area (Å²) in [7, 11) is 2.13. The number of nitrogens with zero attached hydrogens (tertiary/aromatic N) is 2. The molecule has 1 heterocycles. The molecule has 116 valence electrons. The Labute approximate surface area is 126 Å². The summed E-state index contributed by atoms with van der Waals surface area (Å²) in [6.07, 6.45) is 1.00. The van der Waals surface area contributed by atoms with E-state index in [1.54, 1.807) is 6.07 Å². The molecule has 0 spiro atoms. The van der Waals surface area contributed by atoms with Gasteiger partial charge in [-0.25, -0.2) is 0 Å². The standard InChI is InChI=1S/C16H25N3O2/c1-10-6-15(16(19(20)21)7-11(10)2)17-14-8-13(4)18(5)9-12(14)3/h6-7,12-14,17H,8-9H2,1-5H3. The number of nitrogens with one attached hydrogen (secondary N) is 1. The fourth-order valence-corrected chi connectivity index (χ4v) is 3.01. The molecule has 3 atom stereocenters. The zero-order valence-corrected chi connectivity index (χ0v) is 13.5. The monoisotopic (exact) mass is 291 g/mol. The van der Waals surface area contributed by atoms with E-state index in [0.717, 1.165) is 24.1 Å². The fraction of sp³-hybridized carbons (Fsp3) is 0.625. The van der Waals surface area contributed by atoms with Gasteiger partial charge < -0.3 is 10.2 Å². The van der Waals surface area contributed by atoms with Crippen LogP contribution in [0.15, 0.2) is 12.1 Å². The normalized spacial score (nSPS) is 26.6. The van der Waals surface area contributed by atoms with Gasteiger partial charge in [-0.15, -0.1) is 0 Å². The first-order valence-corrected chi connectivity index (χ1v) is 7.52. The number of benzene rings is 1. The highest BCUT2D eigenvalue weighted by molar-refractivity contribution is 5.65. The van der Waals surface area contributed by atoms with E-state index in [1.165, 1.54) is 0 Å². The van der Waals surface area contributed by atoms with Crippen molar-refractivity contribution >= 4 is 11.4 Å². The Kier molecular flexibility index (Phi) is 4.52. The molecule has 1 aliphatic rings. The fourth-order valence-electron chi connectivity index (χ4n) is 3.01. The number of aryl methyl sites for hydroxylation is 2. The maximum atomic E-state index is 11.3. The number of nitro benzene ring substituents is 1. The molecular formula is C16H25N3O2. The third-order valence-corrected chi connectivity index (χ3v) is 4.76. The van der Waals surface area contributed by atoms with Crippen LogP contribution in [0.3, 0.4) is 0 Å². The van der Waals surface area contributed by atoms with Gasteiger partial charge in [-0.1, -0.05) is 6.92 Å². The number of nitro groups is 1. The Morgan fingerprint density at radius 2 is 1.90 bits per heavy atom. The molecule has 0 aromatic heterocycles. The van der Waals surface area contributed by atoms with Gasteiger partial charge in [0.05, 0.1) is 4.92 Å². The topological polar surface area (TPSA) is 58.4 Å². The molecule has 1 aromatic rings. The molecule has 2 rings (SSSR count). The number of hydrogen-bond acceptors (Lipinski definition) is 4. The lowest BCUT2D eigenvalue weighted by Gasteiger charge is -2.40. The summed E-state index contributed by atoms with van der Waals surface area (Å²) in [5.74, 6) is 0.465. The van der Waals surface area contributed by atoms with E-state index in [4.69, 9.17) is 0 Å². The SMILES string of the molecule is Cc1cc(NC2CC(C)N(C)CC2C)c([N+](=O)[O-])cc1C. The van der Waals surface area contributed by atoms with Gasteiger partial charge in [-0.3, -0.25) is 10.1 Å². The average Bonchev–Trinajstić information content (AvgIpc) is 2.39. The molecule has 0 aliphatic carbocycles. The number of anilines is 1. The first-order chi connectivity index (χ1) is 9.79. The Hall–Kier alpha value is -1.62. The van der Waals surface area contributed by atoms with Crippen molar-refractivity contribution in [1.82, 2.24) is 4.90 Å². The minimum Gasteiger partial charge on any atom is -0.376 e. The van der Waals surface area contributed by atoms with Crippen molar-refractivity contribution in [2.45, 2.75) is 46.2 Å². The lowest BCUT2D eigenvalue weighted by molar-refractivity contribution is -0.384. The second-order valence-corrected chi connectivity index (χ2v) is 6.46. The van der Waals surface area contributed by atoms with Crippen molar-refractivity contribution in [3.05, 3.63) is 33.4 Å². The molecule has 0 amide bonds. The lowest BCUT2D eigenvalue weighted by Crippen LogP contribution is -2.48. The first-order valence-electron chi connectivity index (χ1n) is 7.52. The molecular weight excluding hydrogens is 266 g/mol. The van der Waals surface area contributed by atoms with E-state index < -0.39 is 0 Å². The molecule has 1 aromatic carbocycles. The minimum atomic E-state index is -0.294. The maximum Gasteiger partial charge on any atom is 0.292 e. The van der Waals surface area contributed by atoms with Crippen molar-refractivity contribution in [3.63, 3.8) is 0 Å². The average molecular weight is 291 g/mol. The van der Waals surface area contributed by atoms with Gasteiger partial charge in [0.15, 0.2) is 0 Å². The molecule has 1 saturated heterocycles. The third kappa shape index (κ3) is 3.35. The number of hydrogen-bond donors (Lipinski definition) is 1. The highest BCUT2D eigenvalue weighted by Gasteiger charge is 2.30. The quantitative estimate of drug-likeness (QED) is 0.685. The van der Waals surface area contributed by atoms with E-state index in [0.29, 0.717) is 17.6 Å². The molecule has 1 N–H and O–H groups in total. The summed E-state index contributed by atoms with van der Waals surface area (Å²) in [4.78, 5) is 13.3. The first kappa shape index (κ1) is 15.8. The highest BCUT2D eigenvalue weighted by atomic mass is 16.6. The predicted molar refractivity (Wildman–Crippen MR) is 85.9 cm³/mol. The van der Waals surface area contributed by atoms with Gasteiger partial charge in [0.25, 0.3) is 5.69 Å². The molecule has 0 saturated carbocycles. The van der Waals surface area contributed by atoms with Crippen molar-refractivity contribution in [1.29, 1.82) is 0 Å². The van der Waals surface area contributed by atoms with Crippen LogP contribution in [0, 0.1) is 29.9 Å². The molecule has 5 heteroatoms. The van der Waals surface area contributed by atoms with E-state index in [2.05, 4.69) is 31.1 Å². The molecule has 1 aliphatic heterocycles. The van der Waals surface area contributed by atoms with Crippen LogP contribution < -0.4 is 5.32 Å². The smallest absolute Gasteiger partial charge is 0.292 e. The molecule has 5 nitrogen and oxygen atoms in total. The molecule has 1 fully saturated rings. The van der Waals surface area contributed by atoms with Gasteiger partial charge >= 0.3 is 0 Å². The molecule has 0 bridgehead atoms. The van der Waals surface area contributed by atoms with Crippen LogP contribution >= 0.6 is 0 Å². The van der Waals surface area contributed by atoms with Crippen molar-refractivity contribution in [2.75, 3.05) is 18.9 Å². The maximum absolute atomic E-state index is 11.3. The second kappa shape index (κ2) is 6.02. The summed E-state index contributed by atoms with van der Waals surface area (Å²) in [5.41, 5.74) is 2.86. The Bertz CT molecular complexity index is 545. The zero-order valence-electron chi connectivity index (χ0n) is 13.5. The largest absolute Gasteiger partial charge is 0.376 e. The molecule has 21 heavy (non-hydrogen) atoms. The molecule has 3 unspecified atom stereocenters. The van der Waals surface area contributed by atoms with Gasteiger partial charge in [0.1, 0.15) is 5.69 Å². The van der Waals surface area contributed by atoms with E-state index >= 15 is 0 Å². The number of likely N-dealkylation sites (tertiary alicyclic amines) is 1. The van der Waals surface area contributed by atoms with Gasteiger partial charge in [-0.2, -0.15) is 0 Å². The zero-order chi connectivity index (χ0) is 15.7. The van der Waals surface area contributed by atoms with Crippen LogP contribution in [0.1, 0.15) is 31.4 Å². The molecule has 0 radical (unpaired) electrons. The van der Waals surface area contributed by atoms with E-state index in [9.17, 15) is 10.1 Å². The van der Waals surface area contributed by atoms with Crippen LogP contribution in [0.25, 0.3) is 0 Å². The van der Waals surface area contributed by atoms with Crippen LogP contribution in [-0.2, 0) is 0 Å². The van der Waals surface area contributed by atoms with Crippen molar-refractivity contribution in [3.8, 4) is 0 Å². The Morgan fingerprint density at radius 1 is 1.29 bits per heavy atom. The predicted octanol–water partition coefficient (Wildman–Crippen LogP) is 3.35. The van der Waals surface area contributed by atoms with E-state index in [-0.39, 0.29) is 16.7 Å². The van der Waals surface area contributed by atoms with Crippen LogP contribution in [0.4, 0.5) is 11.4 Å². The highest BCUT2D eigenvalue weighted by Crippen LogP contribution is 2.31. The summed E-state index contributed by atoms with van der Waals surface area (Å²) >= 11 is 0. The number of rotatable bonds is 3. The second-order valence-electron chi connectivity index (χ2n) is 6.46. The number of piperidine rings is 1. The van der Waals surface area contributed by atoms with Gasteiger partial charge in [0, 0.05) is 24.7 Å². The summed E-state index contributed by atoms with van der Waals surface area (Å²) < 4.78 is 0. The Morgan fingerprint density at radius 3 is 2.52 bits per heavy atom. The van der Waals surface area contributed by atoms with Crippen LogP contribution in [-0.4, -0.2) is 35.5 Å². The summed E-state index contributed by atoms with van der Waals surface area (Å²) in [5, 5.41) is 14.7. The van der Waals surface area contributed by atoms with Crippen molar-refractivity contribution in [2.24, 2.45) is 5.92 Å². The minimum absolute atomic E-state index is 0.178. The Balaban J connectivity index is 2.26. The van der Waals surface area contributed by atoms with Crippen molar-refractivity contribution < 1.29 is 4.92 Å². The summed E-state index contributed by atoms with van der Waals surface area (Å²) in [6, 6.07) is 4.34. The van der Waals surface area contributed by atoms with Crippen LogP contribution in [0.2, 0.25) is 0 Å². The van der Waals surface area contributed by atoms with Crippen LogP contribution in [0.5, 0.6) is 0 Å². The van der Waals surface area contributed by atoms with E-state index in [1.807, 2.05) is 19.9 Å². The lowest BCUT2D eigenvalue weighted by atomic mass is 9.89.